The van der Waals surface area contributed by atoms with Crippen molar-refractivity contribution in [3.05, 3.63) is 29.3 Å². The molecule has 1 atom stereocenters. The second-order valence-corrected chi connectivity index (χ2v) is 5.81. The van der Waals surface area contributed by atoms with Gasteiger partial charge in [0.2, 0.25) is 0 Å². The Morgan fingerprint density at radius 3 is 2.50 bits per heavy atom. The summed E-state index contributed by atoms with van der Waals surface area (Å²) in [5.41, 5.74) is 2.10. The van der Waals surface area contributed by atoms with E-state index in [1.165, 1.54) is 19.3 Å². The zero-order valence-electron chi connectivity index (χ0n) is 13.7. The highest BCUT2D eigenvalue weighted by Gasteiger charge is 2.24. The maximum Gasteiger partial charge on any atom is 0.123 e. The van der Waals surface area contributed by atoms with Crippen LogP contribution in [-0.2, 0) is 0 Å². The van der Waals surface area contributed by atoms with Gasteiger partial charge in [0.1, 0.15) is 5.75 Å². The molecule has 128 valence electrons. The van der Waals surface area contributed by atoms with Crippen LogP contribution in [0, 0.1) is 6.92 Å². The van der Waals surface area contributed by atoms with Crippen LogP contribution >= 0.6 is 24.8 Å². The SMILES string of the molecule is CCCCC[C@H](c1cccc(C)c1O)N1CCNCC1.Cl.Cl. The number of phenolic OH excluding ortho intramolecular Hbond substituents is 1. The Bertz CT molecular complexity index is 423. The minimum atomic E-state index is 0. The molecule has 2 rings (SSSR count). The summed E-state index contributed by atoms with van der Waals surface area (Å²) in [6, 6.07) is 6.52. The topological polar surface area (TPSA) is 35.5 Å². The first-order valence-corrected chi connectivity index (χ1v) is 7.97. The van der Waals surface area contributed by atoms with Crippen molar-refractivity contribution in [2.24, 2.45) is 0 Å². The fraction of sp³-hybridized carbons (Fsp3) is 0.647. The molecular formula is C17H30Cl2N2O. The minimum absolute atomic E-state index is 0. The highest BCUT2D eigenvalue weighted by atomic mass is 35.5. The molecule has 2 N–H and O–H groups in total. The highest BCUT2D eigenvalue weighted by molar-refractivity contribution is 5.85. The molecule has 1 fully saturated rings. The molecule has 0 aromatic heterocycles. The molecule has 0 bridgehead atoms. The predicted octanol–water partition coefficient (Wildman–Crippen LogP) is 4.07. The Hall–Kier alpha value is -0.480. The molecule has 0 saturated carbocycles. The number of aromatic hydroxyl groups is 1. The molecule has 1 heterocycles. The standard InChI is InChI=1S/C17H28N2O.2ClH/c1-3-4-5-9-16(19-12-10-18-11-13-19)15-8-6-7-14(2)17(15)20;;/h6-8,16,18,20H,3-5,9-13H2,1-2H3;2*1H/t16-;;/m1../s1. The van der Waals surface area contributed by atoms with Crippen LogP contribution < -0.4 is 5.32 Å². The molecular weight excluding hydrogens is 319 g/mol. The van der Waals surface area contributed by atoms with E-state index in [0.717, 1.165) is 43.7 Å². The molecule has 1 aromatic rings. The normalized spacial score (nSPS) is 16.5. The number of hydrogen-bond acceptors (Lipinski definition) is 3. The lowest BCUT2D eigenvalue weighted by Crippen LogP contribution is -2.45. The van der Waals surface area contributed by atoms with E-state index in [9.17, 15) is 5.11 Å². The Morgan fingerprint density at radius 1 is 1.18 bits per heavy atom. The van der Waals surface area contributed by atoms with E-state index in [0.29, 0.717) is 11.8 Å². The van der Waals surface area contributed by atoms with Crippen molar-refractivity contribution >= 4 is 24.8 Å². The molecule has 0 spiro atoms. The van der Waals surface area contributed by atoms with Gasteiger partial charge in [-0.1, -0.05) is 44.4 Å². The van der Waals surface area contributed by atoms with Gasteiger partial charge < -0.3 is 10.4 Å². The molecule has 0 amide bonds. The van der Waals surface area contributed by atoms with E-state index in [1.807, 2.05) is 13.0 Å². The maximum absolute atomic E-state index is 10.4. The van der Waals surface area contributed by atoms with Crippen LogP contribution in [0.1, 0.15) is 49.8 Å². The summed E-state index contributed by atoms with van der Waals surface area (Å²) in [7, 11) is 0. The molecule has 0 unspecified atom stereocenters. The van der Waals surface area contributed by atoms with E-state index in [1.54, 1.807) is 0 Å². The van der Waals surface area contributed by atoms with Gasteiger partial charge in [-0.15, -0.1) is 24.8 Å². The summed E-state index contributed by atoms with van der Waals surface area (Å²) in [5, 5.41) is 13.8. The van der Waals surface area contributed by atoms with Gasteiger partial charge in [-0.25, -0.2) is 0 Å². The van der Waals surface area contributed by atoms with Gasteiger partial charge in [-0.2, -0.15) is 0 Å². The third kappa shape index (κ3) is 5.62. The molecule has 5 heteroatoms. The number of rotatable bonds is 6. The van der Waals surface area contributed by atoms with Crippen molar-refractivity contribution in [3.63, 3.8) is 0 Å². The van der Waals surface area contributed by atoms with Gasteiger partial charge in [0.25, 0.3) is 0 Å². The van der Waals surface area contributed by atoms with E-state index < -0.39 is 0 Å². The average Bonchev–Trinajstić information content (AvgIpc) is 2.48. The van der Waals surface area contributed by atoms with Crippen LogP contribution in [0.25, 0.3) is 0 Å². The number of hydrogen-bond donors (Lipinski definition) is 2. The lowest BCUT2D eigenvalue weighted by Gasteiger charge is -2.35. The van der Waals surface area contributed by atoms with Gasteiger partial charge in [-0.3, -0.25) is 4.90 Å². The van der Waals surface area contributed by atoms with Crippen LogP contribution in [-0.4, -0.2) is 36.2 Å². The molecule has 0 radical (unpaired) electrons. The molecule has 1 aliphatic rings. The van der Waals surface area contributed by atoms with Gasteiger partial charge in [0.15, 0.2) is 0 Å². The summed E-state index contributed by atoms with van der Waals surface area (Å²) in [4.78, 5) is 2.53. The summed E-state index contributed by atoms with van der Waals surface area (Å²) in [6.07, 6.45) is 4.90. The lowest BCUT2D eigenvalue weighted by atomic mass is 9.95. The van der Waals surface area contributed by atoms with Crippen LogP contribution in [0.5, 0.6) is 5.75 Å². The summed E-state index contributed by atoms with van der Waals surface area (Å²) in [5.74, 6) is 0.493. The number of phenols is 1. The van der Waals surface area contributed by atoms with Crippen molar-refractivity contribution < 1.29 is 5.11 Å². The first kappa shape index (κ1) is 21.5. The number of piperazine rings is 1. The summed E-state index contributed by atoms with van der Waals surface area (Å²) < 4.78 is 0. The van der Waals surface area contributed by atoms with E-state index in [2.05, 4.69) is 29.3 Å². The van der Waals surface area contributed by atoms with E-state index >= 15 is 0 Å². The summed E-state index contributed by atoms with van der Waals surface area (Å²) in [6.45, 7) is 8.48. The van der Waals surface area contributed by atoms with Crippen molar-refractivity contribution in [1.29, 1.82) is 0 Å². The van der Waals surface area contributed by atoms with Gasteiger partial charge >= 0.3 is 0 Å². The molecule has 1 aromatic carbocycles. The van der Waals surface area contributed by atoms with Crippen molar-refractivity contribution in [2.75, 3.05) is 26.2 Å². The molecule has 0 aliphatic carbocycles. The van der Waals surface area contributed by atoms with E-state index in [4.69, 9.17) is 0 Å². The maximum atomic E-state index is 10.4. The van der Waals surface area contributed by atoms with Crippen LogP contribution in [0.2, 0.25) is 0 Å². The van der Waals surface area contributed by atoms with Crippen molar-refractivity contribution in [3.8, 4) is 5.75 Å². The summed E-state index contributed by atoms with van der Waals surface area (Å²) >= 11 is 0. The second kappa shape index (κ2) is 11.1. The molecule has 3 nitrogen and oxygen atoms in total. The largest absolute Gasteiger partial charge is 0.507 e. The first-order valence-electron chi connectivity index (χ1n) is 7.97. The Kier molecular flexibility index (Phi) is 10.9. The Morgan fingerprint density at radius 2 is 1.86 bits per heavy atom. The molecule has 1 saturated heterocycles. The van der Waals surface area contributed by atoms with Crippen molar-refractivity contribution in [2.45, 2.75) is 45.6 Å². The number of para-hydroxylation sites is 1. The first-order chi connectivity index (χ1) is 9.74. The Balaban J connectivity index is 0.00000220. The third-order valence-corrected chi connectivity index (χ3v) is 4.30. The number of benzene rings is 1. The highest BCUT2D eigenvalue weighted by Crippen LogP contribution is 2.34. The van der Waals surface area contributed by atoms with Crippen LogP contribution in [0.3, 0.4) is 0 Å². The van der Waals surface area contributed by atoms with Gasteiger partial charge in [-0.05, 0) is 18.9 Å². The third-order valence-electron chi connectivity index (χ3n) is 4.30. The van der Waals surface area contributed by atoms with Gasteiger partial charge in [0, 0.05) is 37.8 Å². The Labute approximate surface area is 147 Å². The van der Waals surface area contributed by atoms with Crippen LogP contribution in [0.15, 0.2) is 18.2 Å². The van der Waals surface area contributed by atoms with Crippen molar-refractivity contribution in [1.82, 2.24) is 10.2 Å². The lowest BCUT2D eigenvalue weighted by molar-refractivity contribution is 0.160. The number of nitrogens with zero attached hydrogens (tertiary/aromatic N) is 1. The van der Waals surface area contributed by atoms with E-state index in [-0.39, 0.29) is 24.8 Å². The molecule has 1 aliphatic heterocycles. The minimum Gasteiger partial charge on any atom is -0.507 e. The zero-order chi connectivity index (χ0) is 14.4. The quantitative estimate of drug-likeness (QED) is 0.760. The predicted molar refractivity (Wildman–Crippen MR) is 98.7 cm³/mol. The number of unbranched alkanes of at least 4 members (excludes halogenated alkanes) is 2. The fourth-order valence-corrected chi connectivity index (χ4v) is 3.07. The monoisotopic (exact) mass is 348 g/mol. The molecule has 22 heavy (non-hydrogen) atoms. The average molecular weight is 349 g/mol. The smallest absolute Gasteiger partial charge is 0.123 e. The number of nitrogens with one attached hydrogen (secondary N) is 1. The number of halogens is 2. The second-order valence-electron chi connectivity index (χ2n) is 5.81. The number of aryl methyl sites for hydroxylation is 1. The fourth-order valence-electron chi connectivity index (χ4n) is 3.07. The van der Waals surface area contributed by atoms with Crippen LogP contribution in [0.4, 0.5) is 0 Å². The van der Waals surface area contributed by atoms with Gasteiger partial charge in [0.05, 0.1) is 0 Å². The zero-order valence-corrected chi connectivity index (χ0v) is 15.3.